The predicted octanol–water partition coefficient (Wildman–Crippen LogP) is 2.93. The second-order valence-electron chi connectivity index (χ2n) is 9.49. The van der Waals surface area contributed by atoms with Crippen molar-refractivity contribution in [3.63, 3.8) is 0 Å². The third-order valence-corrected chi connectivity index (χ3v) is 5.82. The third kappa shape index (κ3) is 23.1. The number of hydrogen-bond donors (Lipinski definition) is 7. The normalized spacial score (nSPS) is 11.9. The van der Waals surface area contributed by atoms with Crippen LogP contribution in [0.15, 0.2) is 24.3 Å². The van der Waals surface area contributed by atoms with Crippen LogP contribution in [-0.4, -0.2) is 111 Å². The molecule has 0 bridgehead atoms. The first-order chi connectivity index (χ1) is 22.1. The van der Waals surface area contributed by atoms with Gasteiger partial charge in [-0.05, 0) is 75.5 Å². The van der Waals surface area contributed by atoms with Crippen LogP contribution in [0.2, 0.25) is 0 Å². The fourth-order valence-corrected chi connectivity index (χ4v) is 3.61. The summed E-state index contributed by atoms with van der Waals surface area (Å²) in [5.74, 6) is -0.523. The van der Waals surface area contributed by atoms with Gasteiger partial charge in [-0.2, -0.15) is 0 Å². The highest BCUT2D eigenvalue weighted by Crippen LogP contribution is 2.15. The molecule has 46 heavy (non-hydrogen) atoms. The molecule has 0 heterocycles. The number of unbranched alkanes of at least 4 members (excludes halogenated alkanes) is 6. The number of amides is 1. The van der Waals surface area contributed by atoms with E-state index in [-0.39, 0.29) is 68.0 Å². The minimum atomic E-state index is -1.11. The molecule has 0 saturated carbocycles. The van der Waals surface area contributed by atoms with Crippen LogP contribution in [0.1, 0.15) is 63.4 Å². The van der Waals surface area contributed by atoms with E-state index in [2.05, 4.69) is 19.8 Å². The first-order valence-electron chi connectivity index (χ1n) is 14.5. The van der Waals surface area contributed by atoms with Gasteiger partial charge in [0.05, 0.1) is 55.8 Å². The molecule has 1 aromatic rings. The molecule has 264 valence electrons. The molecule has 0 spiro atoms. The Bertz CT molecular complexity index is 954. The number of ether oxygens (including phenoxy) is 4. The lowest BCUT2D eigenvalue weighted by Crippen LogP contribution is -2.43. The van der Waals surface area contributed by atoms with Crippen LogP contribution in [0.5, 0.6) is 5.75 Å². The van der Waals surface area contributed by atoms with Crippen LogP contribution < -0.4 is 10.1 Å². The summed E-state index contributed by atoms with van der Waals surface area (Å²) in [7, 11) is 0. The Morgan fingerprint density at radius 3 is 1.50 bits per heavy atom. The van der Waals surface area contributed by atoms with Gasteiger partial charge in [0.1, 0.15) is 11.8 Å². The van der Waals surface area contributed by atoms with E-state index in [9.17, 15) is 14.4 Å². The maximum atomic E-state index is 12.8. The standard InChI is InChI=1S/C26H44N4O16/c31-24(40-14-4-1-7-17-43-28(34)35)23(27-25(32)41-15-5-2-8-18-44-29(36)37)20-21-10-12-22(13-11-21)46-26(33)42-16-6-3-9-19-45-30(38)39/h10-13,23,34-39H,1-9,14-20H2,(H,27,32). The second kappa shape index (κ2) is 25.9. The van der Waals surface area contributed by atoms with Crippen LogP contribution >= 0.6 is 0 Å². The minimum absolute atomic E-state index is 0.0273. The van der Waals surface area contributed by atoms with Crippen molar-refractivity contribution in [2.45, 2.75) is 70.3 Å². The number of nitrogens with one attached hydrogen (secondary N) is 1. The number of esters is 1. The number of hydrogen-bond acceptors (Lipinski definition) is 19. The largest absolute Gasteiger partial charge is 0.513 e. The lowest BCUT2D eigenvalue weighted by Gasteiger charge is -2.18. The summed E-state index contributed by atoms with van der Waals surface area (Å²) in [6.45, 7) is 0.363. The second-order valence-corrected chi connectivity index (χ2v) is 9.49. The lowest BCUT2D eigenvalue weighted by molar-refractivity contribution is -0.492. The molecule has 7 N–H and O–H groups in total. The van der Waals surface area contributed by atoms with E-state index in [1.807, 2.05) is 0 Å². The quantitative estimate of drug-likeness (QED) is 0.0246. The Labute approximate surface area is 264 Å². The highest BCUT2D eigenvalue weighted by Gasteiger charge is 2.24. The molecule has 20 nitrogen and oxygen atoms in total. The predicted molar refractivity (Wildman–Crippen MR) is 147 cm³/mol. The summed E-state index contributed by atoms with van der Waals surface area (Å²) in [5, 5.41) is 52.2. The van der Waals surface area contributed by atoms with Gasteiger partial charge in [0.2, 0.25) is 0 Å². The van der Waals surface area contributed by atoms with E-state index in [4.69, 9.17) is 50.2 Å². The number of nitrogens with zero attached hydrogens (tertiary/aromatic N) is 3. The number of benzene rings is 1. The maximum Gasteiger partial charge on any atom is 0.513 e. The number of alkyl carbamates (subject to hydrolysis) is 1. The molecule has 1 unspecified atom stereocenters. The molecule has 0 aromatic heterocycles. The summed E-state index contributed by atoms with van der Waals surface area (Å²) >= 11 is 0. The van der Waals surface area contributed by atoms with Crippen molar-refractivity contribution in [2.75, 3.05) is 39.6 Å². The van der Waals surface area contributed by atoms with Gasteiger partial charge in [-0.15, -0.1) is 0 Å². The summed E-state index contributed by atoms with van der Waals surface area (Å²) in [6, 6.07) is 5.05. The monoisotopic (exact) mass is 668 g/mol. The fourth-order valence-electron chi connectivity index (χ4n) is 3.61. The zero-order valence-electron chi connectivity index (χ0n) is 25.3. The van der Waals surface area contributed by atoms with Crippen molar-refractivity contribution >= 4 is 18.2 Å². The zero-order valence-corrected chi connectivity index (χ0v) is 25.3. The highest BCUT2D eigenvalue weighted by molar-refractivity contribution is 5.81. The lowest BCUT2D eigenvalue weighted by atomic mass is 10.1. The van der Waals surface area contributed by atoms with E-state index >= 15 is 0 Å². The highest BCUT2D eigenvalue weighted by atomic mass is 17.1. The van der Waals surface area contributed by atoms with Gasteiger partial charge in [-0.3, -0.25) is 45.8 Å². The Morgan fingerprint density at radius 2 is 1.02 bits per heavy atom. The van der Waals surface area contributed by atoms with Gasteiger partial charge in [0.25, 0.3) is 0 Å². The fraction of sp³-hybridized carbons (Fsp3) is 0.654. The smallest absolute Gasteiger partial charge is 0.464 e. The molecular formula is C26H44N4O16. The van der Waals surface area contributed by atoms with Gasteiger partial charge in [0.15, 0.2) is 0 Å². The molecule has 1 rings (SSSR count). The van der Waals surface area contributed by atoms with E-state index in [0.29, 0.717) is 63.4 Å². The molecule has 1 aromatic carbocycles. The zero-order chi connectivity index (χ0) is 34.0. The number of rotatable bonds is 26. The van der Waals surface area contributed by atoms with Crippen molar-refractivity contribution < 1.29 is 79.1 Å². The van der Waals surface area contributed by atoms with Gasteiger partial charge in [-0.25, -0.2) is 14.4 Å². The van der Waals surface area contributed by atoms with Crippen molar-refractivity contribution in [3.8, 4) is 5.75 Å². The number of carbonyl (C=O) groups excluding carboxylic acids is 3. The van der Waals surface area contributed by atoms with Crippen molar-refractivity contribution in [2.24, 2.45) is 0 Å². The van der Waals surface area contributed by atoms with Crippen molar-refractivity contribution in [1.29, 1.82) is 0 Å². The SMILES string of the molecule is O=C(NC(Cc1ccc(OC(=O)OCCCCCON(O)O)cc1)C(=O)OCCCCCON(O)O)OCCCCCON(O)O. The maximum absolute atomic E-state index is 12.8. The molecule has 0 aliphatic carbocycles. The van der Waals surface area contributed by atoms with Crippen LogP contribution in [-0.2, 0) is 39.9 Å². The summed E-state index contributed by atoms with van der Waals surface area (Å²) in [6.07, 6.45) is 2.89. The van der Waals surface area contributed by atoms with Crippen molar-refractivity contribution in [3.05, 3.63) is 29.8 Å². The molecule has 1 amide bonds. The van der Waals surface area contributed by atoms with Crippen LogP contribution in [0.3, 0.4) is 0 Å². The topological polar surface area (TPSA) is 259 Å². The van der Waals surface area contributed by atoms with E-state index in [1.165, 1.54) is 12.1 Å². The van der Waals surface area contributed by atoms with Crippen LogP contribution in [0.25, 0.3) is 0 Å². The molecular weight excluding hydrogens is 624 g/mol. The summed E-state index contributed by atoms with van der Waals surface area (Å²) < 4.78 is 20.6. The van der Waals surface area contributed by atoms with Gasteiger partial charge >= 0.3 is 18.2 Å². The molecule has 0 saturated heterocycles. The Morgan fingerprint density at radius 1 is 0.587 bits per heavy atom. The first kappa shape index (κ1) is 40.8. The van der Waals surface area contributed by atoms with Gasteiger partial charge < -0.3 is 24.3 Å². The molecule has 20 heteroatoms. The molecule has 0 aliphatic rings. The van der Waals surface area contributed by atoms with E-state index < -0.39 is 24.3 Å². The molecule has 0 aliphatic heterocycles. The molecule has 0 fully saturated rings. The van der Waals surface area contributed by atoms with Crippen molar-refractivity contribution in [1.82, 2.24) is 21.5 Å². The molecule has 0 radical (unpaired) electrons. The van der Waals surface area contributed by atoms with Gasteiger partial charge in [0, 0.05) is 6.42 Å². The van der Waals surface area contributed by atoms with Crippen LogP contribution in [0.4, 0.5) is 9.59 Å². The van der Waals surface area contributed by atoms with Gasteiger partial charge in [-0.1, -0.05) is 12.1 Å². The van der Waals surface area contributed by atoms with E-state index in [1.54, 1.807) is 12.1 Å². The average Bonchev–Trinajstić information content (AvgIpc) is 2.99. The first-order valence-corrected chi connectivity index (χ1v) is 14.5. The summed E-state index contributed by atoms with van der Waals surface area (Å²) in [4.78, 5) is 50.5. The van der Waals surface area contributed by atoms with Crippen LogP contribution in [0, 0.1) is 0 Å². The Balaban J connectivity index is 2.56. The average molecular weight is 669 g/mol. The number of carbonyl (C=O) groups is 3. The Hall–Kier alpha value is -3.25. The summed E-state index contributed by atoms with van der Waals surface area (Å²) in [5.41, 5.74) is 0.603. The molecule has 1 atom stereocenters. The Kier molecular flexibility index (Phi) is 22.9. The van der Waals surface area contributed by atoms with E-state index in [0.717, 1.165) is 0 Å². The minimum Gasteiger partial charge on any atom is -0.464 e. The third-order valence-electron chi connectivity index (χ3n) is 5.82.